The summed E-state index contributed by atoms with van der Waals surface area (Å²) in [5, 5.41) is 2.89. The minimum Gasteiger partial charge on any atom is -0.324 e. The van der Waals surface area contributed by atoms with Gasteiger partial charge in [0.2, 0.25) is 5.91 Å². The van der Waals surface area contributed by atoms with Crippen molar-refractivity contribution in [3.05, 3.63) is 53.6 Å². The molecule has 2 aromatic carbocycles. The van der Waals surface area contributed by atoms with Gasteiger partial charge in [0.05, 0.1) is 21.3 Å². The van der Waals surface area contributed by atoms with Crippen LogP contribution in [0.2, 0.25) is 0 Å². The lowest BCUT2D eigenvalue weighted by molar-refractivity contribution is -0.120. The van der Waals surface area contributed by atoms with Gasteiger partial charge < -0.3 is 5.32 Å². The molecule has 0 saturated heterocycles. The van der Waals surface area contributed by atoms with E-state index in [0.29, 0.717) is 29.0 Å². The van der Waals surface area contributed by atoms with Gasteiger partial charge in [-0.25, -0.2) is 4.98 Å². The average molecular weight is 458 g/mol. The molecule has 0 aliphatic carbocycles. The summed E-state index contributed by atoms with van der Waals surface area (Å²) in [6, 6.07) is 11.3. The number of carbonyl (C=O) groups excluding carboxylic acids is 3. The summed E-state index contributed by atoms with van der Waals surface area (Å²) < 4.78 is 1.93. The van der Waals surface area contributed by atoms with E-state index in [0.717, 1.165) is 19.5 Å². The second-order valence-electron chi connectivity index (χ2n) is 6.68. The maximum absolute atomic E-state index is 13.2. The number of anilines is 1. The number of carbonyl (C=O) groups is 3. The Hall–Kier alpha value is -2.36. The van der Waals surface area contributed by atoms with E-state index in [1.165, 1.54) is 0 Å². The highest BCUT2D eigenvalue weighted by atomic mass is 32.2. The summed E-state index contributed by atoms with van der Waals surface area (Å²) in [6.07, 6.45) is 4.29. The Kier molecular flexibility index (Phi) is 6.12. The standard InChI is InChI=1S/C21H19N3O3S3/c1-28-10-9-16(24-19(26)13-5-3-4-6-14(13)20(24)27)18(25)22-12-7-8-15-17(11-12)30-21(23-15)29-2/h3-8,11,16H,9-10H2,1-2H3,(H,22,25)/t16-/m1/s1. The molecular weight excluding hydrogens is 438 g/mol. The van der Waals surface area contributed by atoms with Gasteiger partial charge in [-0.3, -0.25) is 19.3 Å². The van der Waals surface area contributed by atoms with E-state index >= 15 is 0 Å². The molecule has 6 nitrogen and oxygen atoms in total. The highest BCUT2D eigenvalue weighted by Gasteiger charge is 2.42. The molecule has 0 bridgehead atoms. The van der Waals surface area contributed by atoms with Gasteiger partial charge in [0.25, 0.3) is 11.8 Å². The lowest BCUT2D eigenvalue weighted by atomic mass is 10.1. The third kappa shape index (κ3) is 3.84. The van der Waals surface area contributed by atoms with Crippen molar-refractivity contribution in [1.29, 1.82) is 0 Å². The Morgan fingerprint density at radius 2 is 1.83 bits per heavy atom. The Bertz CT molecular complexity index is 1110. The number of rotatable bonds is 7. The number of hydrogen-bond donors (Lipinski definition) is 1. The number of aromatic nitrogens is 1. The molecule has 3 amide bonds. The molecule has 1 aliphatic rings. The van der Waals surface area contributed by atoms with Crippen LogP contribution in [-0.2, 0) is 4.79 Å². The lowest BCUT2D eigenvalue weighted by Crippen LogP contribution is -2.47. The summed E-state index contributed by atoms with van der Waals surface area (Å²) in [7, 11) is 0. The predicted molar refractivity (Wildman–Crippen MR) is 124 cm³/mol. The molecule has 154 valence electrons. The Morgan fingerprint density at radius 3 is 2.47 bits per heavy atom. The number of nitrogens with zero attached hydrogens (tertiary/aromatic N) is 2. The summed E-state index contributed by atoms with van der Waals surface area (Å²) >= 11 is 4.70. The van der Waals surface area contributed by atoms with Crippen molar-refractivity contribution in [3.63, 3.8) is 0 Å². The number of amides is 3. The zero-order chi connectivity index (χ0) is 21.3. The third-order valence-corrected chi connectivity index (χ3v) is 7.49. The van der Waals surface area contributed by atoms with Crippen LogP contribution in [0.3, 0.4) is 0 Å². The van der Waals surface area contributed by atoms with Crippen LogP contribution in [0.25, 0.3) is 10.2 Å². The quantitative estimate of drug-likeness (QED) is 0.419. The summed E-state index contributed by atoms with van der Waals surface area (Å²) in [5.74, 6) is -0.553. The zero-order valence-corrected chi connectivity index (χ0v) is 18.8. The van der Waals surface area contributed by atoms with Crippen LogP contribution < -0.4 is 5.32 Å². The number of benzene rings is 2. The molecule has 1 atom stereocenters. The Labute approximate surface area is 186 Å². The number of thioether (sulfide) groups is 2. The lowest BCUT2D eigenvalue weighted by Gasteiger charge is -2.25. The first kappa shape index (κ1) is 20.9. The molecule has 0 radical (unpaired) electrons. The van der Waals surface area contributed by atoms with E-state index in [2.05, 4.69) is 10.3 Å². The molecule has 30 heavy (non-hydrogen) atoms. The Morgan fingerprint density at radius 1 is 1.13 bits per heavy atom. The second-order valence-corrected chi connectivity index (χ2v) is 9.75. The molecule has 9 heteroatoms. The van der Waals surface area contributed by atoms with Gasteiger partial charge in [0.15, 0.2) is 4.34 Å². The van der Waals surface area contributed by atoms with Crippen molar-refractivity contribution in [2.45, 2.75) is 16.8 Å². The van der Waals surface area contributed by atoms with Gasteiger partial charge >= 0.3 is 0 Å². The van der Waals surface area contributed by atoms with E-state index in [4.69, 9.17) is 0 Å². The minimum atomic E-state index is -0.872. The molecule has 0 unspecified atom stereocenters. The van der Waals surface area contributed by atoms with E-state index in [1.54, 1.807) is 65.2 Å². The summed E-state index contributed by atoms with van der Waals surface area (Å²) in [5.41, 5.74) is 2.19. The van der Waals surface area contributed by atoms with Gasteiger partial charge in [-0.15, -0.1) is 11.3 Å². The Balaban J connectivity index is 1.60. The van der Waals surface area contributed by atoms with Crippen molar-refractivity contribution in [2.24, 2.45) is 0 Å². The topological polar surface area (TPSA) is 79.4 Å². The average Bonchev–Trinajstić information content (AvgIpc) is 3.28. The summed E-state index contributed by atoms with van der Waals surface area (Å²) in [4.78, 5) is 44.5. The van der Waals surface area contributed by atoms with Crippen LogP contribution in [0.15, 0.2) is 46.8 Å². The van der Waals surface area contributed by atoms with Crippen molar-refractivity contribution in [3.8, 4) is 0 Å². The number of fused-ring (bicyclic) bond motifs is 2. The first-order valence-electron chi connectivity index (χ1n) is 9.24. The maximum atomic E-state index is 13.2. The fourth-order valence-corrected chi connectivity index (χ4v) is 5.38. The molecule has 0 fully saturated rings. The second kappa shape index (κ2) is 8.79. The van der Waals surface area contributed by atoms with E-state index in [1.807, 2.05) is 24.6 Å². The predicted octanol–water partition coefficient (Wildman–Crippen LogP) is 4.37. The smallest absolute Gasteiger partial charge is 0.262 e. The molecule has 0 saturated carbocycles. The highest BCUT2D eigenvalue weighted by molar-refractivity contribution is 8.00. The molecule has 1 aliphatic heterocycles. The van der Waals surface area contributed by atoms with Gasteiger partial charge in [-0.05, 0) is 55.0 Å². The fourth-order valence-electron chi connectivity index (χ4n) is 3.39. The van der Waals surface area contributed by atoms with Crippen molar-refractivity contribution < 1.29 is 14.4 Å². The SMILES string of the molecule is CSCC[C@H](C(=O)Nc1ccc2nc(SC)sc2c1)N1C(=O)c2ccccc2C1=O. The van der Waals surface area contributed by atoms with Crippen LogP contribution in [0.1, 0.15) is 27.1 Å². The molecule has 0 spiro atoms. The number of imide groups is 1. The first-order valence-corrected chi connectivity index (χ1v) is 12.7. The van der Waals surface area contributed by atoms with Gasteiger partial charge in [0.1, 0.15) is 6.04 Å². The van der Waals surface area contributed by atoms with Crippen LogP contribution in [-0.4, -0.2) is 51.9 Å². The number of hydrogen-bond acceptors (Lipinski definition) is 7. The van der Waals surface area contributed by atoms with Crippen LogP contribution >= 0.6 is 34.9 Å². The van der Waals surface area contributed by atoms with Crippen LogP contribution in [0.5, 0.6) is 0 Å². The molecule has 4 rings (SSSR count). The van der Waals surface area contributed by atoms with Crippen LogP contribution in [0, 0.1) is 0 Å². The number of thiazole rings is 1. The minimum absolute atomic E-state index is 0.347. The molecule has 1 aromatic heterocycles. The normalized spacial score (nSPS) is 14.3. The van der Waals surface area contributed by atoms with E-state index < -0.39 is 17.9 Å². The third-order valence-electron chi connectivity index (χ3n) is 4.85. The molecule has 3 aromatic rings. The maximum Gasteiger partial charge on any atom is 0.262 e. The van der Waals surface area contributed by atoms with Gasteiger partial charge in [0, 0.05) is 5.69 Å². The summed E-state index contributed by atoms with van der Waals surface area (Å²) in [6.45, 7) is 0. The largest absolute Gasteiger partial charge is 0.324 e. The van der Waals surface area contributed by atoms with Crippen molar-refractivity contribution >= 4 is 68.5 Å². The van der Waals surface area contributed by atoms with Crippen molar-refractivity contribution in [1.82, 2.24) is 9.88 Å². The fraction of sp³-hybridized carbons (Fsp3) is 0.238. The van der Waals surface area contributed by atoms with Gasteiger partial charge in [-0.2, -0.15) is 11.8 Å². The number of nitrogens with one attached hydrogen (secondary N) is 1. The van der Waals surface area contributed by atoms with E-state index in [-0.39, 0.29) is 5.91 Å². The zero-order valence-electron chi connectivity index (χ0n) is 16.4. The van der Waals surface area contributed by atoms with Crippen molar-refractivity contribution in [2.75, 3.05) is 23.6 Å². The van der Waals surface area contributed by atoms with Crippen LogP contribution in [0.4, 0.5) is 5.69 Å². The van der Waals surface area contributed by atoms with E-state index in [9.17, 15) is 14.4 Å². The monoisotopic (exact) mass is 457 g/mol. The van der Waals surface area contributed by atoms with Gasteiger partial charge in [-0.1, -0.05) is 23.9 Å². The first-order chi connectivity index (χ1) is 14.5. The molecular formula is C21H19N3O3S3. The highest BCUT2D eigenvalue weighted by Crippen LogP contribution is 2.31. The molecule has 1 N–H and O–H groups in total. The molecule has 2 heterocycles.